The van der Waals surface area contributed by atoms with Gasteiger partial charge < -0.3 is 15.6 Å². The van der Waals surface area contributed by atoms with Crippen molar-refractivity contribution in [1.29, 1.82) is 0 Å². The monoisotopic (exact) mass is 303 g/mol. The normalized spacial score (nSPS) is 43.0. The number of amides is 2. The first-order chi connectivity index (χ1) is 10.3. The number of ether oxygens (including phenoxy) is 1. The molecule has 116 valence electrons. The highest BCUT2D eigenvalue weighted by Crippen LogP contribution is 2.60. The lowest BCUT2D eigenvalue weighted by molar-refractivity contribution is -0.132. The van der Waals surface area contributed by atoms with Gasteiger partial charge in [0.15, 0.2) is 0 Å². The van der Waals surface area contributed by atoms with E-state index in [0.717, 1.165) is 4.90 Å². The van der Waals surface area contributed by atoms with Crippen molar-refractivity contribution in [3.05, 3.63) is 18.3 Å². The van der Waals surface area contributed by atoms with E-state index in [1.54, 1.807) is 19.9 Å². The lowest BCUT2D eigenvalue weighted by atomic mass is 9.67. The van der Waals surface area contributed by atoms with Crippen LogP contribution < -0.4 is 10.6 Å². The number of nitrogen functional groups attached to an aromatic ring is 1. The molecule has 22 heavy (non-hydrogen) atoms. The van der Waals surface area contributed by atoms with Crippen LogP contribution >= 0.6 is 0 Å². The van der Waals surface area contributed by atoms with Crippen LogP contribution in [-0.4, -0.2) is 39.2 Å². The number of nitrogens with zero attached hydrogens (tertiary/aromatic N) is 2. The first-order valence-corrected chi connectivity index (χ1v) is 7.25. The molecule has 2 amide bonds. The van der Waals surface area contributed by atoms with Gasteiger partial charge in [0.25, 0.3) is 0 Å². The Labute approximate surface area is 127 Å². The molecule has 5 atom stereocenters. The fourth-order valence-electron chi connectivity index (χ4n) is 4.35. The molecule has 3 aliphatic heterocycles. The average molecular weight is 303 g/mol. The number of fused-ring (bicyclic) bond motifs is 5. The fourth-order valence-corrected chi connectivity index (χ4v) is 4.35. The molecule has 7 nitrogen and oxygen atoms in total. The van der Waals surface area contributed by atoms with E-state index >= 15 is 0 Å². The molecule has 0 aromatic carbocycles. The number of hydrogen-bond acceptors (Lipinski definition) is 6. The van der Waals surface area contributed by atoms with E-state index < -0.39 is 29.1 Å². The number of carbonyl (C=O) groups excluding carboxylic acids is 2. The number of rotatable bonds is 1. The summed E-state index contributed by atoms with van der Waals surface area (Å²) in [4.78, 5) is 30.7. The van der Waals surface area contributed by atoms with Gasteiger partial charge in [0.1, 0.15) is 11.4 Å². The molecular formula is C15H17N3O4. The van der Waals surface area contributed by atoms with Crippen LogP contribution in [0.15, 0.2) is 18.3 Å². The van der Waals surface area contributed by atoms with Gasteiger partial charge in [-0.15, -0.1) is 0 Å². The zero-order chi connectivity index (χ0) is 15.9. The fraction of sp³-hybridized carbons (Fsp3) is 0.533. The molecule has 0 radical (unpaired) electrons. The quantitative estimate of drug-likeness (QED) is 0.712. The maximum Gasteiger partial charge on any atom is 0.240 e. The predicted molar refractivity (Wildman–Crippen MR) is 76.6 cm³/mol. The van der Waals surface area contributed by atoms with Gasteiger partial charge in [-0.2, -0.15) is 0 Å². The number of imide groups is 1. The summed E-state index contributed by atoms with van der Waals surface area (Å²) >= 11 is 0. The van der Waals surface area contributed by atoms with Crippen molar-refractivity contribution in [2.24, 2.45) is 11.8 Å². The number of hydrogen-bond donors (Lipinski definition) is 2. The van der Waals surface area contributed by atoms with Crippen molar-refractivity contribution in [2.75, 3.05) is 10.6 Å². The smallest absolute Gasteiger partial charge is 0.240 e. The maximum atomic E-state index is 12.8. The van der Waals surface area contributed by atoms with Gasteiger partial charge in [0, 0.05) is 18.7 Å². The Morgan fingerprint density at radius 1 is 1.36 bits per heavy atom. The van der Waals surface area contributed by atoms with Crippen molar-refractivity contribution in [3.8, 4) is 0 Å². The number of aromatic nitrogens is 1. The molecule has 7 heteroatoms. The maximum absolute atomic E-state index is 12.8. The molecule has 3 saturated heterocycles. The molecule has 1 aromatic heterocycles. The molecule has 4 rings (SSSR count). The molecule has 0 spiro atoms. The molecule has 3 fully saturated rings. The van der Waals surface area contributed by atoms with Crippen LogP contribution in [-0.2, 0) is 14.3 Å². The Balaban J connectivity index is 1.82. The zero-order valence-corrected chi connectivity index (χ0v) is 12.3. The third-order valence-corrected chi connectivity index (χ3v) is 5.32. The topological polar surface area (TPSA) is 106 Å². The summed E-state index contributed by atoms with van der Waals surface area (Å²) in [5, 5.41) is 10.3. The van der Waals surface area contributed by atoms with Crippen molar-refractivity contribution in [2.45, 2.75) is 37.6 Å². The highest BCUT2D eigenvalue weighted by atomic mass is 16.6. The standard InChI is InChI=1S/C15H17N3O4/c1-14-6-8(19)15(2,22-14)11-10(14)12(20)18(13(11)21)7-3-4-17-9(16)5-7/h3-5,8,10-11,19H,6H2,1-2H3,(H2,16,17)/t8-,10+,11-,14-,15+/m0/s1. The minimum atomic E-state index is -1.01. The highest BCUT2D eigenvalue weighted by molar-refractivity contribution is 6.23. The Kier molecular flexibility index (Phi) is 2.39. The molecule has 0 aliphatic carbocycles. The number of anilines is 2. The van der Waals surface area contributed by atoms with E-state index in [2.05, 4.69) is 4.98 Å². The van der Waals surface area contributed by atoms with Crippen LogP contribution in [0.3, 0.4) is 0 Å². The lowest BCUT2D eigenvalue weighted by Gasteiger charge is -2.31. The first-order valence-electron chi connectivity index (χ1n) is 7.25. The van der Waals surface area contributed by atoms with Crippen LogP contribution in [0.2, 0.25) is 0 Å². The summed E-state index contributed by atoms with van der Waals surface area (Å²) in [5.74, 6) is -1.62. The van der Waals surface area contributed by atoms with Crippen molar-refractivity contribution < 1.29 is 19.4 Å². The van der Waals surface area contributed by atoms with Gasteiger partial charge in [-0.1, -0.05) is 0 Å². The van der Waals surface area contributed by atoms with E-state index in [9.17, 15) is 14.7 Å². The molecule has 3 N–H and O–H groups in total. The van der Waals surface area contributed by atoms with Crippen molar-refractivity contribution in [1.82, 2.24) is 4.98 Å². The summed E-state index contributed by atoms with van der Waals surface area (Å²) in [5.41, 5.74) is 4.24. The van der Waals surface area contributed by atoms with E-state index in [1.807, 2.05) is 0 Å². The second-order valence-electron chi connectivity index (χ2n) is 6.72. The Bertz CT molecular complexity index is 708. The van der Waals surface area contributed by atoms with Crippen LogP contribution in [0.4, 0.5) is 11.5 Å². The Hall–Kier alpha value is -1.99. The second kappa shape index (κ2) is 3.85. The predicted octanol–water partition coefficient (Wildman–Crippen LogP) is 0.0816. The molecular weight excluding hydrogens is 286 g/mol. The SMILES string of the molecule is C[C@@]12O[C@@](C)(C[C@@H]1O)[C@H]1C(=O)N(c3ccnc(N)c3)C(=O)[C@H]12. The van der Waals surface area contributed by atoms with Crippen LogP contribution in [0.25, 0.3) is 0 Å². The van der Waals surface area contributed by atoms with E-state index in [1.165, 1.54) is 12.3 Å². The number of carbonyl (C=O) groups is 2. The average Bonchev–Trinajstić information content (AvgIpc) is 2.92. The summed E-state index contributed by atoms with van der Waals surface area (Å²) in [6.07, 6.45) is 1.07. The number of aliphatic hydroxyl groups excluding tert-OH is 1. The minimum Gasteiger partial charge on any atom is -0.390 e. The molecule has 1 aromatic rings. The van der Waals surface area contributed by atoms with E-state index in [4.69, 9.17) is 10.5 Å². The van der Waals surface area contributed by atoms with Crippen molar-refractivity contribution in [3.63, 3.8) is 0 Å². The van der Waals surface area contributed by atoms with Gasteiger partial charge in [-0.05, 0) is 19.9 Å². The lowest BCUT2D eigenvalue weighted by Crippen LogP contribution is -2.49. The largest absolute Gasteiger partial charge is 0.390 e. The van der Waals surface area contributed by atoms with Crippen LogP contribution in [0.1, 0.15) is 20.3 Å². The number of pyridine rings is 1. The number of nitrogens with two attached hydrogens (primary N) is 1. The molecule has 3 aliphatic rings. The molecule has 2 bridgehead atoms. The highest BCUT2D eigenvalue weighted by Gasteiger charge is 2.75. The van der Waals surface area contributed by atoms with Crippen molar-refractivity contribution >= 4 is 23.3 Å². The number of aliphatic hydroxyl groups is 1. The van der Waals surface area contributed by atoms with Gasteiger partial charge in [0.05, 0.1) is 29.2 Å². The zero-order valence-electron chi connectivity index (χ0n) is 12.3. The summed E-state index contributed by atoms with van der Waals surface area (Å²) in [6.45, 7) is 3.50. The van der Waals surface area contributed by atoms with Crippen LogP contribution in [0.5, 0.6) is 0 Å². The second-order valence-corrected chi connectivity index (χ2v) is 6.72. The van der Waals surface area contributed by atoms with Gasteiger partial charge >= 0.3 is 0 Å². The Morgan fingerprint density at radius 2 is 2.05 bits per heavy atom. The summed E-state index contributed by atoms with van der Waals surface area (Å²) in [6, 6.07) is 3.08. The van der Waals surface area contributed by atoms with Crippen LogP contribution in [0, 0.1) is 11.8 Å². The summed E-state index contributed by atoms with van der Waals surface area (Å²) in [7, 11) is 0. The Morgan fingerprint density at radius 3 is 2.73 bits per heavy atom. The molecule has 0 saturated carbocycles. The van der Waals surface area contributed by atoms with E-state index in [-0.39, 0.29) is 17.6 Å². The minimum absolute atomic E-state index is 0.242. The van der Waals surface area contributed by atoms with Gasteiger partial charge in [0.2, 0.25) is 11.8 Å². The molecule has 0 unspecified atom stereocenters. The van der Waals surface area contributed by atoms with Gasteiger partial charge in [-0.3, -0.25) is 9.59 Å². The van der Waals surface area contributed by atoms with Gasteiger partial charge in [-0.25, -0.2) is 9.88 Å². The van der Waals surface area contributed by atoms with E-state index in [0.29, 0.717) is 12.1 Å². The first kappa shape index (κ1) is 13.7. The summed E-state index contributed by atoms with van der Waals surface area (Å²) < 4.78 is 5.92. The third kappa shape index (κ3) is 1.40. The third-order valence-electron chi connectivity index (χ3n) is 5.32. The molecule has 4 heterocycles.